The average molecular weight is 284 g/mol. The van der Waals surface area contributed by atoms with E-state index in [9.17, 15) is 4.79 Å². The van der Waals surface area contributed by atoms with Crippen LogP contribution in [0.4, 0.5) is 5.69 Å². The van der Waals surface area contributed by atoms with Gasteiger partial charge >= 0.3 is 0 Å². The number of amides is 1. The van der Waals surface area contributed by atoms with Gasteiger partial charge in [0.2, 0.25) is 5.91 Å². The highest BCUT2D eigenvalue weighted by molar-refractivity contribution is 5.97. The molecule has 0 aliphatic carbocycles. The van der Waals surface area contributed by atoms with Crippen molar-refractivity contribution in [2.45, 2.75) is 25.7 Å². The van der Waals surface area contributed by atoms with Crippen LogP contribution in [0.3, 0.4) is 0 Å². The maximum atomic E-state index is 12.8. The fourth-order valence-electron chi connectivity index (χ4n) is 3.46. The van der Waals surface area contributed by atoms with Gasteiger partial charge in [0, 0.05) is 24.7 Å². The van der Waals surface area contributed by atoms with Crippen LogP contribution in [0.1, 0.15) is 24.8 Å². The number of hydrogen-bond donors (Lipinski definition) is 0. The minimum absolute atomic E-state index is 0.205. The molecular weight excluding hydrogens is 260 g/mol. The Morgan fingerprint density at radius 3 is 2.76 bits per heavy atom. The van der Waals surface area contributed by atoms with E-state index in [1.54, 1.807) is 0 Å². The van der Waals surface area contributed by atoms with Gasteiger partial charge in [-0.25, -0.2) is 0 Å². The summed E-state index contributed by atoms with van der Waals surface area (Å²) in [7, 11) is 0. The molecule has 1 saturated heterocycles. The Hall–Kier alpha value is -1.61. The van der Waals surface area contributed by atoms with E-state index in [0.717, 1.165) is 57.5 Å². The van der Waals surface area contributed by atoms with Gasteiger partial charge in [0.25, 0.3) is 0 Å². The standard InChI is InChI=1S/C18H24N2O/c1-2-3-11-19-12-8-16(9-13-19)18(21)20-14-10-15-6-4-5-7-17(15)20/h2,4-7,16H,1,3,8-14H2. The minimum atomic E-state index is 0.205. The highest BCUT2D eigenvalue weighted by Crippen LogP contribution is 2.30. The van der Waals surface area contributed by atoms with Gasteiger partial charge in [0.15, 0.2) is 0 Å². The molecule has 2 aliphatic rings. The van der Waals surface area contributed by atoms with Gasteiger partial charge in [-0.05, 0) is 50.4 Å². The molecule has 2 heterocycles. The number of para-hydroxylation sites is 1. The number of nitrogens with zero attached hydrogens (tertiary/aromatic N) is 2. The van der Waals surface area contributed by atoms with E-state index in [2.05, 4.69) is 29.7 Å². The van der Waals surface area contributed by atoms with Crippen molar-refractivity contribution in [1.82, 2.24) is 4.90 Å². The molecule has 0 spiro atoms. The fourth-order valence-corrected chi connectivity index (χ4v) is 3.46. The molecule has 112 valence electrons. The van der Waals surface area contributed by atoms with Gasteiger partial charge < -0.3 is 9.80 Å². The second kappa shape index (κ2) is 6.44. The van der Waals surface area contributed by atoms with Gasteiger partial charge in [-0.3, -0.25) is 4.79 Å². The van der Waals surface area contributed by atoms with Gasteiger partial charge in [-0.1, -0.05) is 24.3 Å². The lowest BCUT2D eigenvalue weighted by molar-refractivity contribution is -0.123. The van der Waals surface area contributed by atoms with Crippen LogP contribution in [0.5, 0.6) is 0 Å². The summed E-state index contributed by atoms with van der Waals surface area (Å²) in [6.07, 6.45) is 6.00. The van der Waals surface area contributed by atoms with Crippen LogP contribution in [0.25, 0.3) is 0 Å². The molecule has 0 aromatic heterocycles. The number of carbonyl (C=O) groups excluding carboxylic acids is 1. The smallest absolute Gasteiger partial charge is 0.230 e. The fraction of sp³-hybridized carbons (Fsp3) is 0.500. The minimum Gasteiger partial charge on any atom is -0.312 e. The Morgan fingerprint density at radius 2 is 2.00 bits per heavy atom. The first kappa shape index (κ1) is 14.3. The summed E-state index contributed by atoms with van der Waals surface area (Å²) in [6, 6.07) is 8.31. The third kappa shape index (κ3) is 3.03. The normalized spacial score (nSPS) is 19.5. The number of piperidine rings is 1. The Labute approximate surface area is 127 Å². The molecular formula is C18H24N2O. The zero-order valence-electron chi connectivity index (χ0n) is 12.6. The van der Waals surface area contributed by atoms with Crippen LogP contribution in [0, 0.1) is 5.92 Å². The van der Waals surface area contributed by atoms with E-state index < -0.39 is 0 Å². The molecule has 0 N–H and O–H groups in total. The van der Waals surface area contributed by atoms with Crippen LogP contribution in [-0.4, -0.2) is 37.0 Å². The summed E-state index contributed by atoms with van der Waals surface area (Å²) < 4.78 is 0. The molecule has 3 heteroatoms. The zero-order valence-corrected chi connectivity index (χ0v) is 12.6. The number of likely N-dealkylation sites (tertiary alicyclic amines) is 1. The van der Waals surface area contributed by atoms with Crippen LogP contribution >= 0.6 is 0 Å². The first-order valence-corrected chi connectivity index (χ1v) is 8.02. The van der Waals surface area contributed by atoms with Crippen LogP contribution in [0.15, 0.2) is 36.9 Å². The Balaban J connectivity index is 1.59. The molecule has 0 saturated carbocycles. The van der Waals surface area contributed by atoms with E-state index in [4.69, 9.17) is 0 Å². The Morgan fingerprint density at radius 1 is 1.24 bits per heavy atom. The van der Waals surface area contributed by atoms with Crippen molar-refractivity contribution in [3.8, 4) is 0 Å². The maximum absolute atomic E-state index is 12.8. The van der Waals surface area contributed by atoms with Gasteiger partial charge in [0.05, 0.1) is 0 Å². The second-order valence-electron chi connectivity index (χ2n) is 6.06. The molecule has 0 atom stereocenters. The second-order valence-corrected chi connectivity index (χ2v) is 6.06. The first-order valence-electron chi connectivity index (χ1n) is 8.02. The monoisotopic (exact) mass is 284 g/mol. The lowest BCUT2D eigenvalue weighted by atomic mass is 9.95. The van der Waals surface area contributed by atoms with Gasteiger partial charge in [-0.2, -0.15) is 0 Å². The van der Waals surface area contributed by atoms with E-state index in [1.165, 1.54) is 5.56 Å². The van der Waals surface area contributed by atoms with E-state index in [-0.39, 0.29) is 5.92 Å². The van der Waals surface area contributed by atoms with Crippen molar-refractivity contribution in [1.29, 1.82) is 0 Å². The molecule has 0 radical (unpaired) electrons. The average Bonchev–Trinajstić information content (AvgIpc) is 2.97. The van der Waals surface area contributed by atoms with Crippen LogP contribution < -0.4 is 4.90 Å². The largest absolute Gasteiger partial charge is 0.312 e. The van der Waals surface area contributed by atoms with Crippen molar-refractivity contribution >= 4 is 11.6 Å². The third-order valence-corrected chi connectivity index (χ3v) is 4.74. The van der Waals surface area contributed by atoms with Crippen molar-refractivity contribution < 1.29 is 4.79 Å². The predicted octanol–water partition coefficient (Wildman–Crippen LogP) is 2.86. The van der Waals surface area contributed by atoms with Crippen molar-refractivity contribution in [2.24, 2.45) is 5.92 Å². The quantitative estimate of drug-likeness (QED) is 0.794. The SMILES string of the molecule is C=CCCN1CCC(C(=O)N2CCc3ccccc32)CC1. The van der Waals surface area contributed by atoms with Crippen molar-refractivity contribution in [2.75, 3.05) is 31.1 Å². The highest BCUT2D eigenvalue weighted by atomic mass is 16.2. The van der Waals surface area contributed by atoms with Crippen LogP contribution in [-0.2, 0) is 11.2 Å². The maximum Gasteiger partial charge on any atom is 0.230 e. The van der Waals surface area contributed by atoms with Crippen molar-refractivity contribution in [3.63, 3.8) is 0 Å². The highest BCUT2D eigenvalue weighted by Gasteiger charge is 2.31. The Bertz CT molecular complexity index is 518. The van der Waals surface area contributed by atoms with E-state index >= 15 is 0 Å². The predicted molar refractivity (Wildman–Crippen MR) is 86.5 cm³/mol. The molecule has 3 nitrogen and oxygen atoms in total. The number of rotatable bonds is 4. The summed E-state index contributed by atoms with van der Waals surface area (Å²) in [4.78, 5) is 17.2. The number of fused-ring (bicyclic) bond motifs is 1. The molecule has 1 aromatic rings. The molecule has 0 unspecified atom stereocenters. The number of carbonyl (C=O) groups is 1. The lowest BCUT2D eigenvalue weighted by Gasteiger charge is -2.33. The van der Waals surface area contributed by atoms with Crippen LogP contribution in [0.2, 0.25) is 0 Å². The number of anilines is 1. The van der Waals surface area contributed by atoms with E-state index in [0.29, 0.717) is 5.91 Å². The summed E-state index contributed by atoms with van der Waals surface area (Å²) in [6.45, 7) is 7.79. The molecule has 3 rings (SSSR count). The first-order chi connectivity index (χ1) is 10.3. The molecule has 1 amide bonds. The Kier molecular flexibility index (Phi) is 4.39. The number of hydrogen-bond acceptors (Lipinski definition) is 2. The summed E-state index contributed by atoms with van der Waals surface area (Å²) in [5.74, 6) is 0.541. The molecule has 1 aromatic carbocycles. The van der Waals surface area contributed by atoms with E-state index in [1.807, 2.05) is 17.0 Å². The lowest BCUT2D eigenvalue weighted by Crippen LogP contribution is -2.42. The third-order valence-electron chi connectivity index (χ3n) is 4.74. The molecule has 2 aliphatic heterocycles. The molecule has 21 heavy (non-hydrogen) atoms. The molecule has 0 bridgehead atoms. The topological polar surface area (TPSA) is 23.6 Å². The molecule has 1 fully saturated rings. The summed E-state index contributed by atoms with van der Waals surface area (Å²) in [5.41, 5.74) is 2.45. The number of benzene rings is 1. The zero-order chi connectivity index (χ0) is 14.7. The van der Waals surface area contributed by atoms with Gasteiger partial charge in [-0.15, -0.1) is 6.58 Å². The van der Waals surface area contributed by atoms with Gasteiger partial charge in [0.1, 0.15) is 0 Å². The van der Waals surface area contributed by atoms with Crippen molar-refractivity contribution in [3.05, 3.63) is 42.5 Å². The summed E-state index contributed by atoms with van der Waals surface area (Å²) in [5, 5.41) is 0. The summed E-state index contributed by atoms with van der Waals surface area (Å²) >= 11 is 0.